The van der Waals surface area contributed by atoms with Crippen molar-refractivity contribution in [2.45, 2.75) is 33.1 Å². The van der Waals surface area contributed by atoms with Gasteiger partial charge in [-0.25, -0.2) is 0 Å². The van der Waals surface area contributed by atoms with Crippen LogP contribution in [0.1, 0.15) is 42.2 Å². The van der Waals surface area contributed by atoms with Crippen molar-refractivity contribution >= 4 is 34.4 Å². The first kappa shape index (κ1) is 15.3. The van der Waals surface area contributed by atoms with Gasteiger partial charge in [-0.1, -0.05) is 25.3 Å². The maximum Gasteiger partial charge on any atom is 0.270 e. The number of aromatic amines is 1. The predicted octanol–water partition coefficient (Wildman–Crippen LogP) is 4.18. The molecule has 1 aliphatic heterocycles. The van der Waals surface area contributed by atoms with Gasteiger partial charge in [-0.2, -0.15) is 0 Å². The zero-order chi connectivity index (χ0) is 15.5. The molecule has 1 fully saturated rings. The number of aryl methyl sites for hydroxylation is 1. The standard InChI is InChI=1S/C17H23N3OS/c1-3-4-10-22-19-13-6-7-15-14(11-13)12(2)16(18-15)17(21)20-8-5-9-20/h6-7,11,18-19H,3-5,8-10H2,1-2H3. The third-order valence-electron chi connectivity index (χ3n) is 4.21. The minimum Gasteiger partial charge on any atom is -0.350 e. The van der Waals surface area contributed by atoms with Crippen LogP contribution in [0.15, 0.2) is 18.2 Å². The maximum atomic E-state index is 12.4. The number of rotatable bonds is 6. The van der Waals surface area contributed by atoms with Crippen molar-refractivity contribution in [1.82, 2.24) is 9.88 Å². The summed E-state index contributed by atoms with van der Waals surface area (Å²) in [6, 6.07) is 6.25. The number of nitrogens with one attached hydrogen (secondary N) is 2. The number of carbonyl (C=O) groups is 1. The fourth-order valence-corrected chi connectivity index (χ4v) is 3.46. The molecule has 5 heteroatoms. The van der Waals surface area contributed by atoms with Crippen LogP contribution in [-0.2, 0) is 0 Å². The summed E-state index contributed by atoms with van der Waals surface area (Å²) in [5.41, 5.74) is 3.92. The lowest BCUT2D eigenvalue weighted by Crippen LogP contribution is -2.42. The van der Waals surface area contributed by atoms with E-state index in [1.165, 1.54) is 12.8 Å². The zero-order valence-corrected chi connectivity index (χ0v) is 14.1. The molecule has 0 bridgehead atoms. The Kier molecular flexibility index (Phi) is 4.62. The van der Waals surface area contributed by atoms with E-state index < -0.39 is 0 Å². The third-order valence-corrected chi connectivity index (χ3v) is 5.08. The van der Waals surface area contributed by atoms with Gasteiger partial charge in [0.15, 0.2) is 0 Å². The van der Waals surface area contributed by atoms with E-state index in [1.807, 2.05) is 11.8 Å². The molecule has 2 aromatic rings. The molecule has 1 saturated heterocycles. The lowest BCUT2D eigenvalue weighted by Gasteiger charge is -2.30. The molecule has 0 saturated carbocycles. The van der Waals surface area contributed by atoms with E-state index in [0.29, 0.717) is 0 Å². The summed E-state index contributed by atoms with van der Waals surface area (Å²) >= 11 is 1.74. The smallest absolute Gasteiger partial charge is 0.270 e. The summed E-state index contributed by atoms with van der Waals surface area (Å²) in [7, 11) is 0. The monoisotopic (exact) mass is 317 g/mol. The lowest BCUT2D eigenvalue weighted by atomic mass is 10.1. The fraction of sp³-hybridized carbons (Fsp3) is 0.471. The van der Waals surface area contributed by atoms with Crippen molar-refractivity contribution < 1.29 is 4.79 Å². The van der Waals surface area contributed by atoms with Crippen molar-refractivity contribution in [3.8, 4) is 0 Å². The number of hydrogen-bond acceptors (Lipinski definition) is 3. The van der Waals surface area contributed by atoms with Gasteiger partial charge in [-0.3, -0.25) is 4.79 Å². The number of H-pyrrole nitrogens is 1. The molecule has 0 atom stereocenters. The Morgan fingerprint density at radius 3 is 2.91 bits per heavy atom. The first-order valence-corrected chi connectivity index (χ1v) is 8.98. The van der Waals surface area contributed by atoms with E-state index in [4.69, 9.17) is 0 Å². The second kappa shape index (κ2) is 6.65. The second-order valence-electron chi connectivity index (χ2n) is 5.84. The van der Waals surface area contributed by atoms with Crippen LogP contribution in [0.4, 0.5) is 5.69 Å². The minimum absolute atomic E-state index is 0.131. The molecule has 3 rings (SSSR count). The molecule has 2 heterocycles. The summed E-state index contributed by atoms with van der Waals surface area (Å²) in [4.78, 5) is 17.6. The van der Waals surface area contributed by atoms with E-state index >= 15 is 0 Å². The molecule has 1 aliphatic rings. The van der Waals surface area contributed by atoms with Crippen molar-refractivity contribution in [1.29, 1.82) is 0 Å². The van der Waals surface area contributed by atoms with Crippen LogP contribution in [0.2, 0.25) is 0 Å². The highest BCUT2D eigenvalue weighted by atomic mass is 32.2. The van der Waals surface area contributed by atoms with E-state index in [9.17, 15) is 4.79 Å². The number of fused-ring (bicyclic) bond motifs is 1. The van der Waals surface area contributed by atoms with Crippen LogP contribution in [0.25, 0.3) is 10.9 Å². The van der Waals surface area contributed by atoms with E-state index in [2.05, 4.69) is 34.8 Å². The molecule has 0 aliphatic carbocycles. The summed E-state index contributed by atoms with van der Waals surface area (Å²) in [6.07, 6.45) is 3.55. The molecule has 22 heavy (non-hydrogen) atoms. The SMILES string of the molecule is CCCCSNc1ccc2[nH]c(C(=O)N3CCC3)c(C)c2c1. The first-order chi connectivity index (χ1) is 10.7. The first-order valence-electron chi connectivity index (χ1n) is 8.00. The van der Waals surface area contributed by atoms with Crippen LogP contribution in [-0.4, -0.2) is 34.6 Å². The lowest BCUT2D eigenvalue weighted by molar-refractivity contribution is 0.0646. The van der Waals surface area contributed by atoms with E-state index in [0.717, 1.165) is 53.1 Å². The molecule has 1 amide bonds. The molecule has 1 aromatic heterocycles. The van der Waals surface area contributed by atoms with Crippen molar-refractivity contribution in [3.05, 3.63) is 29.5 Å². The average molecular weight is 317 g/mol. The van der Waals surface area contributed by atoms with Crippen molar-refractivity contribution in [2.24, 2.45) is 0 Å². The van der Waals surface area contributed by atoms with Gasteiger partial charge in [0.05, 0.1) is 0 Å². The number of aromatic nitrogens is 1. The number of hydrogen-bond donors (Lipinski definition) is 2. The average Bonchev–Trinajstić information content (AvgIpc) is 2.79. The highest BCUT2D eigenvalue weighted by molar-refractivity contribution is 8.00. The molecular weight excluding hydrogens is 294 g/mol. The van der Waals surface area contributed by atoms with Gasteiger partial charge in [0.25, 0.3) is 5.91 Å². The van der Waals surface area contributed by atoms with Gasteiger partial charge >= 0.3 is 0 Å². The zero-order valence-electron chi connectivity index (χ0n) is 13.2. The van der Waals surface area contributed by atoms with Crippen LogP contribution >= 0.6 is 11.9 Å². The Bertz CT molecular complexity index is 676. The van der Waals surface area contributed by atoms with Gasteiger partial charge in [0.1, 0.15) is 5.69 Å². The molecule has 2 N–H and O–H groups in total. The van der Waals surface area contributed by atoms with Gasteiger partial charge in [0.2, 0.25) is 0 Å². The van der Waals surface area contributed by atoms with Crippen molar-refractivity contribution in [3.63, 3.8) is 0 Å². The highest BCUT2D eigenvalue weighted by Crippen LogP contribution is 2.27. The van der Waals surface area contributed by atoms with E-state index in [-0.39, 0.29) is 5.91 Å². The predicted molar refractivity (Wildman–Crippen MR) is 94.5 cm³/mol. The molecule has 0 radical (unpaired) electrons. The number of anilines is 1. The van der Waals surface area contributed by atoms with E-state index in [1.54, 1.807) is 11.9 Å². The van der Waals surface area contributed by atoms with Gasteiger partial charge in [-0.05, 0) is 43.5 Å². The van der Waals surface area contributed by atoms with Gasteiger partial charge in [0, 0.05) is 35.4 Å². The quantitative estimate of drug-likeness (QED) is 0.620. The Morgan fingerprint density at radius 2 is 2.23 bits per heavy atom. The third kappa shape index (κ3) is 2.95. The highest BCUT2D eigenvalue weighted by Gasteiger charge is 2.25. The van der Waals surface area contributed by atoms with Crippen LogP contribution in [0, 0.1) is 6.92 Å². The molecule has 0 spiro atoms. The Morgan fingerprint density at radius 1 is 1.41 bits per heavy atom. The summed E-state index contributed by atoms with van der Waals surface area (Å²) in [5.74, 6) is 1.24. The minimum atomic E-state index is 0.131. The maximum absolute atomic E-state index is 12.4. The Labute approximate surface area is 135 Å². The number of unbranched alkanes of at least 4 members (excludes halogenated alkanes) is 1. The molecule has 118 valence electrons. The number of likely N-dealkylation sites (tertiary alicyclic amines) is 1. The topological polar surface area (TPSA) is 48.1 Å². The Hall–Kier alpha value is -1.62. The van der Waals surface area contributed by atoms with Crippen LogP contribution in [0.5, 0.6) is 0 Å². The molecule has 4 nitrogen and oxygen atoms in total. The molecular formula is C17H23N3OS. The van der Waals surface area contributed by atoms with Crippen LogP contribution < -0.4 is 4.72 Å². The number of carbonyl (C=O) groups excluding carboxylic acids is 1. The normalized spacial score (nSPS) is 14.2. The van der Waals surface area contributed by atoms with Crippen molar-refractivity contribution in [2.75, 3.05) is 23.6 Å². The molecule has 1 aromatic carbocycles. The number of amides is 1. The van der Waals surface area contributed by atoms with Crippen LogP contribution in [0.3, 0.4) is 0 Å². The summed E-state index contributed by atoms with van der Waals surface area (Å²) < 4.78 is 3.39. The summed E-state index contributed by atoms with van der Waals surface area (Å²) in [6.45, 7) is 6.00. The number of nitrogens with zero attached hydrogens (tertiary/aromatic N) is 1. The second-order valence-corrected chi connectivity index (χ2v) is 6.74. The summed E-state index contributed by atoms with van der Waals surface area (Å²) in [5, 5.41) is 1.13. The molecule has 0 unspecified atom stereocenters. The number of benzene rings is 1. The Balaban J connectivity index is 1.79. The van der Waals surface area contributed by atoms with Gasteiger partial charge in [-0.15, -0.1) is 0 Å². The fourth-order valence-electron chi connectivity index (χ4n) is 2.63. The van der Waals surface area contributed by atoms with Gasteiger partial charge < -0.3 is 14.6 Å². The largest absolute Gasteiger partial charge is 0.350 e.